The number of nitrogens with zero attached hydrogens (tertiary/aromatic N) is 7. The molecule has 3 fully saturated rings. The molecule has 0 N–H and O–H groups in total. The Morgan fingerprint density at radius 3 is 2.50 bits per heavy atom. The number of piperazine rings is 1. The van der Waals surface area contributed by atoms with Crippen molar-refractivity contribution in [2.75, 3.05) is 58.4 Å². The molecule has 3 aliphatic rings. The van der Waals surface area contributed by atoms with Crippen molar-refractivity contribution >= 4 is 45.3 Å². The van der Waals surface area contributed by atoms with Crippen molar-refractivity contribution in [1.82, 2.24) is 29.5 Å². The van der Waals surface area contributed by atoms with Crippen LogP contribution >= 0.6 is 11.6 Å². The first-order chi connectivity index (χ1) is 25.6. The number of amides is 1. The second-order valence-corrected chi connectivity index (χ2v) is 17.0. The van der Waals surface area contributed by atoms with E-state index in [1.807, 2.05) is 44.9 Å². The minimum Gasteiger partial charge on any atom is -0.456 e. The molecule has 0 radical (unpaired) electrons. The predicted molar refractivity (Wildman–Crippen MR) is 204 cm³/mol. The van der Waals surface area contributed by atoms with E-state index < -0.39 is 11.4 Å². The van der Waals surface area contributed by atoms with E-state index in [2.05, 4.69) is 35.7 Å². The molecule has 0 bridgehead atoms. The fourth-order valence-electron chi connectivity index (χ4n) is 7.58. The molecule has 0 aliphatic carbocycles. The average Bonchev–Trinajstić information content (AvgIpc) is 3.71. The minimum absolute atomic E-state index is 0.125. The number of para-hydroxylation sites is 1. The van der Waals surface area contributed by atoms with Crippen LogP contribution in [0, 0.1) is 11.2 Å². The molecule has 0 saturated carbocycles. The second kappa shape index (κ2) is 14.9. The fourth-order valence-corrected chi connectivity index (χ4v) is 7.77. The third-order valence-electron chi connectivity index (χ3n) is 10.3. The number of halogens is 2. The number of benzene rings is 2. The monoisotopic (exact) mass is 767 g/mol. The number of rotatable bonds is 7. The number of carbonyl (C=O) groups is 1. The number of carbonyl (C=O) groups excluding carboxylic acids is 1. The molecule has 292 valence electrons. The van der Waals surface area contributed by atoms with Gasteiger partial charge in [-0.05, 0) is 64.6 Å². The van der Waals surface area contributed by atoms with Crippen molar-refractivity contribution < 1.29 is 32.9 Å². The van der Waals surface area contributed by atoms with Crippen molar-refractivity contribution in [2.24, 2.45) is 5.41 Å². The lowest BCUT2D eigenvalue weighted by Gasteiger charge is -2.47. The standard InChI is InChI=1S/C39H51ClFN7O6/c1-38(2,3)30-22-46(15-16-47(30)37(49)54-39(4,5)6)35-23-12-11-13-27(33(23)43-36(44-35)53-29-21-45(7)20-28(29)50-8)52-34-24-19-42-48(31-14-9-10-17-51-31)26(24)18-25(41)32(34)40/h11-13,18-19,28-31H,9-10,14-17,20-22H2,1-8H3/t28-,29-,30?,31?/m1/s1. The molecule has 1 amide bonds. The molecular weight excluding hydrogens is 717 g/mol. The number of aromatic nitrogens is 4. The summed E-state index contributed by atoms with van der Waals surface area (Å²) in [7, 11) is 3.68. The predicted octanol–water partition coefficient (Wildman–Crippen LogP) is 7.44. The molecule has 54 heavy (non-hydrogen) atoms. The maximum atomic E-state index is 15.6. The third-order valence-corrected chi connectivity index (χ3v) is 10.7. The quantitative estimate of drug-likeness (QED) is 0.187. The molecule has 0 spiro atoms. The van der Waals surface area contributed by atoms with Gasteiger partial charge in [0.15, 0.2) is 17.7 Å². The lowest BCUT2D eigenvalue weighted by molar-refractivity contribution is -0.0367. The molecular formula is C39H51ClFN7O6. The number of likely N-dealkylation sites (tertiary alicyclic amines) is 1. The van der Waals surface area contributed by atoms with Gasteiger partial charge in [-0.3, -0.25) is 4.90 Å². The van der Waals surface area contributed by atoms with Crippen molar-refractivity contribution in [3.05, 3.63) is 41.3 Å². The van der Waals surface area contributed by atoms with E-state index in [-0.39, 0.29) is 52.8 Å². The summed E-state index contributed by atoms with van der Waals surface area (Å²) in [5.41, 5.74) is 0.0508. The summed E-state index contributed by atoms with van der Waals surface area (Å²) in [5, 5.41) is 5.65. The summed E-state index contributed by atoms with van der Waals surface area (Å²) >= 11 is 6.65. The summed E-state index contributed by atoms with van der Waals surface area (Å²) in [6, 6.07) is 6.86. The zero-order valence-electron chi connectivity index (χ0n) is 32.4. The Hall–Kier alpha value is -3.98. The molecule has 3 saturated heterocycles. The van der Waals surface area contributed by atoms with Crippen LogP contribution in [-0.4, -0.2) is 113 Å². The van der Waals surface area contributed by atoms with Crippen molar-refractivity contribution in [3.63, 3.8) is 0 Å². The Labute approximate surface area is 320 Å². The van der Waals surface area contributed by atoms with Gasteiger partial charge in [-0.2, -0.15) is 15.1 Å². The van der Waals surface area contributed by atoms with E-state index in [1.165, 1.54) is 6.07 Å². The molecule has 4 aromatic rings. The average molecular weight is 768 g/mol. The highest BCUT2D eigenvalue weighted by atomic mass is 35.5. The van der Waals surface area contributed by atoms with Crippen LogP contribution in [0.2, 0.25) is 5.02 Å². The van der Waals surface area contributed by atoms with Crippen LogP contribution in [0.4, 0.5) is 15.0 Å². The zero-order valence-corrected chi connectivity index (χ0v) is 33.2. The van der Waals surface area contributed by atoms with Crippen LogP contribution in [0.1, 0.15) is 67.0 Å². The van der Waals surface area contributed by atoms with E-state index in [9.17, 15) is 4.79 Å². The fraction of sp³-hybridized carbons (Fsp3) is 0.590. The number of methoxy groups -OCH3 is 1. The lowest BCUT2D eigenvalue weighted by Crippen LogP contribution is -2.60. The van der Waals surface area contributed by atoms with Crippen LogP contribution < -0.4 is 14.4 Å². The number of likely N-dealkylation sites (N-methyl/N-ethyl adjacent to an activating group) is 1. The van der Waals surface area contributed by atoms with Gasteiger partial charge in [0.1, 0.15) is 40.0 Å². The first kappa shape index (κ1) is 38.3. The molecule has 3 aliphatic heterocycles. The van der Waals surface area contributed by atoms with Crippen LogP contribution in [0.25, 0.3) is 21.8 Å². The Morgan fingerprint density at radius 2 is 1.80 bits per heavy atom. The van der Waals surface area contributed by atoms with Gasteiger partial charge in [-0.25, -0.2) is 13.9 Å². The highest BCUT2D eigenvalue weighted by molar-refractivity contribution is 6.33. The maximum absolute atomic E-state index is 15.6. The summed E-state index contributed by atoms with van der Waals surface area (Å²) in [5.74, 6) is 0.447. The van der Waals surface area contributed by atoms with Gasteiger partial charge < -0.3 is 33.5 Å². The smallest absolute Gasteiger partial charge is 0.410 e. The number of hydrogen-bond donors (Lipinski definition) is 0. The molecule has 13 nitrogen and oxygen atoms in total. The Bertz CT molecular complexity index is 2010. The summed E-state index contributed by atoms with van der Waals surface area (Å²) < 4.78 is 47.9. The highest BCUT2D eigenvalue weighted by Gasteiger charge is 2.41. The number of ether oxygens (including phenoxy) is 5. The molecule has 15 heteroatoms. The number of hydrogen-bond acceptors (Lipinski definition) is 11. The molecule has 4 atom stereocenters. The van der Waals surface area contributed by atoms with Gasteiger partial charge in [0.05, 0.1) is 23.1 Å². The zero-order chi connectivity index (χ0) is 38.5. The van der Waals surface area contributed by atoms with Crippen molar-refractivity contribution in [2.45, 2.75) is 90.9 Å². The van der Waals surface area contributed by atoms with Gasteiger partial charge in [0.25, 0.3) is 0 Å². The van der Waals surface area contributed by atoms with E-state index >= 15 is 4.39 Å². The van der Waals surface area contributed by atoms with Crippen LogP contribution in [-0.2, 0) is 14.2 Å². The van der Waals surface area contributed by atoms with Gasteiger partial charge in [-0.15, -0.1) is 0 Å². The Kier molecular flexibility index (Phi) is 10.6. The summed E-state index contributed by atoms with van der Waals surface area (Å²) in [6.45, 7) is 15.3. The van der Waals surface area contributed by atoms with E-state index in [1.54, 1.807) is 24.1 Å². The first-order valence-corrected chi connectivity index (χ1v) is 19.1. The van der Waals surface area contributed by atoms with Crippen LogP contribution in [0.5, 0.6) is 17.5 Å². The number of anilines is 1. The summed E-state index contributed by atoms with van der Waals surface area (Å²) in [6.07, 6.45) is 3.20. The SMILES string of the molecule is CO[C@@H]1CN(C)C[C@H]1Oc1nc(N2CCN(C(=O)OC(C)(C)C)C(C(C)(C)C)C2)c2cccc(Oc3c(Cl)c(F)cc4c3cnn4C3CCCCO3)c2n1. The van der Waals surface area contributed by atoms with Gasteiger partial charge >= 0.3 is 12.1 Å². The number of fused-ring (bicyclic) bond motifs is 2. The van der Waals surface area contributed by atoms with Crippen LogP contribution in [0.15, 0.2) is 30.5 Å². The largest absolute Gasteiger partial charge is 0.456 e. The lowest BCUT2D eigenvalue weighted by atomic mass is 9.84. The molecule has 5 heterocycles. The topological polar surface area (TPSA) is 117 Å². The highest BCUT2D eigenvalue weighted by Crippen LogP contribution is 2.43. The maximum Gasteiger partial charge on any atom is 0.410 e. The van der Waals surface area contributed by atoms with Gasteiger partial charge in [-0.1, -0.05) is 38.4 Å². The van der Waals surface area contributed by atoms with E-state index in [4.69, 9.17) is 45.3 Å². The molecule has 2 unspecified atom stereocenters. The Morgan fingerprint density at radius 1 is 1.02 bits per heavy atom. The second-order valence-electron chi connectivity index (χ2n) is 16.6. The van der Waals surface area contributed by atoms with Gasteiger partial charge in [0.2, 0.25) is 0 Å². The molecule has 2 aromatic heterocycles. The molecule has 2 aromatic carbocycles. The van der Waals surface area contributed by atoms with Gasteiger partial charge in [0, 0.05) is 57.9 Å². The minimum atomic E-state index is -0.636. The third kappa shape index (κ3) is 7.75. The molecule has 7 rings (SSSR count). The Balaban J connectivity index is 1.31. The van der Waals surface area contributed by atoms with Crippen molar-refractivity contribution in [1.29, 1.82) is 0 Å². The first-order valence-electron chi connectivity index (χ1n) is 18.7. The van der Waals surface area contributed by atoms with E-state index in [0.29, 0.717) is 72.7 Å². The summed E-state index contributed by atoms with van der Waals surface area (Å²) in [4.78, 5) is 29.5. The van der Waals surface area contributed by atoms with E-state index in [0.717, 1.165) is 19.3 Å². The normalized spacial score (nSPS) is 23.0. The van der Waals surface area contributed by atoms with Crippen LogP contribution in [0.3, 0.4) is 0 Å². The van der Waals surface area contributed by atoms with Crippen molar-refractivity contribution in [3.8, 4) is 17.5 Å².